The van der Waals surface area contributed by atoms with Gasteiger partial charge in [0.1, 0.15) is 0 Å². The molecule has 2 saturated carbocycles. The summed E-state index contributed by atoms with van der Waals surface area (Å²) in [5, 5.41) is 12.5. The SMILES string of the molecule is Cc1ccc(C(=O)N2CCN(C(=O)C3CCCCC3)C2C(=O)NC(CC(=O)O)C2CCCCC2)cc1. The number of carbonyl (C=O) groups excluding carboxylic acids is 3. The fourth-order valence-electron chi connectivity index (χ4n) is 6.12. The maximum absolute atomic E-state index is 13.8. The maximum Gasteiger partial charge on any atom is 0.305 e. The Morgan fingerprint density at radius 3 is 2.08 bits per heavy atom. The van der Waals surface area contributed by atoms with Gasteiger partial charge in [-0.1, -0.05) is 56.2 Å². The third-order valence-corrected chi connectivity index (χ3v) is 8.14. The highest BCUT2D eigenvalue weighted by Gasteiger charge is 2.45. The number of carbonyl (C=O) groups is 4. The number of hydrogen-bond acceptors (Lipinski definition) is 4. The standard InChI is InChI=1S/C28H39N3O5/c1-19-12-14-22(15-13-19)28(36)31-17-16-30(27(35)21-10-6-3-7-11-21)26(31)25(34)29-23(18-24(32)33)20-8-4-2-5-9-20/h12-15,20-21,23,26H,2-11,16-18H2,1H3,(H,29,34)(H,32,33). The van der Waals surface area contributed by atoms with Crippen LogP contribution in [0.1, 0.15) is 86.6 Å². The Kier molecular flexibility index (Phi) is 8.64. The van der Waals surface area contributed by atoms with Gasteiger partial charge in [0.15, 0.2) is 6.17 Å². The van der Waals surface area contributed by atoms with Crippen molar-refractivity contribution in [3.05, 3.63) is 35.4 Å². The molecule has 1 heterocycles. The molecular weight excluding hydrogens is 458 g/mol. The smallest absolute Gasteiger partial charge is 0.305 e. The van der Waals surface area contributed by atoms with Gasteiger partial charge in [0.05, 0.1) is 6.42 Å². The minimum absolute atomic E-state index is 0.0680. The second-order valence-electron chi connectivity index (χ2n) is 10.7. The fraction of sp³-hybridized carbons (Fsp3) is 0.643. The van der Waals surface area contributed by atoms with Gasteiger partial charge < -0.3 is 20.2 Å². The van der Waals surface area contributed by atoms with Crippen LogP contribution < -0.4 is 5.32 Å². The summed E-state index contributed by atoms with van der Waals surface area (Å²) in [5.41, 5.74) is 1.50. The van der Waals surface area contributed by atoms with Crippen molar-refractivity contribution in [2.45, 2.75) is 89.8 Å². The van der Waals surface area contributed by atoms with Crippen molar-refractivity contribution >= 4 is 23.7 Å². The predicted octanol–water partition coefficient (Wildman–Crippen LogP) is 3.73. The summed E-state index contributed by atoms with van der Waals surface area (Å²) in [7, 11) is 0. The quantitative estimate of drug-likeness (QED) is 0.597. The van der Waals surface area contributed by atoms with Gasteiger partial charge >= 0.3 is 5.97 Å². The third kappa shape index (κ3) is 6.08. The first-order valence-electron chi connectivity index (χ1n) is 13.6. The van der Waals surface area contributed by atoms with Crippen LogP contribution in [-0.2, 0) is 14.4 Å². The first kappa shape index (κ1) is 26.2. The van der Waals surface area contributed by atoms with Crippen LogP contribution >= 0.6 is 0 Å². The van der Waals surface area contributed by atoms with Crippen molar-refractivity contribution in [3.8, 4) is 0 Å². The van der Waals surface area contributed by atoms with E-state index in [1.54, 1.807) is 17.0 Å². The van der Waals surface area contributed by atoms with Gasteiger partial charge in [0.25, 0.3) is 11.8 Å². The number of nitrogens with zero attached hydrogens (tertiary/aromatic N) is 2. The first-order valence-corrected chi connectivity index (χ1v) is 13.6. The Labute approximate surface area is 213 Å². The number of aliphatic carboxylic acids is 1. The fourth-order valence-corrected chi connectivity index (χ4v) is 6.12. The van der Waals surface area contributed by atoms with Gasteiger partial charge in [-0.3, -0.25) is 19.2 Å². The lowest BCUT2D eigenvalue weighted by Crippen LogP contribution is -2.57. The first-order chi connectivity index (χ1) is 17.3. The minimum atomic E-state index is -1.06. The second-order valence-corrected chi connectivity index (χ2v) is 10.7. The number of aryl methyl sites for hydroxylation is 1. The highest BCUT2D eigenvalue weighted by molar-refractivity contribution is 5.99. The molecule has 1 saturated heterocycles. The van der Waals surface area contributed by atoms with E-state index in [9.17, 15) is 24.3 Å². The van der Waals surface area contributed by atoms with Crippen molar-refractivity contribution in [1.29, 1.82) is 0 Å². The Morgan fingerprint density at radius 2 is 1.47 bits per heavy atom. The minimum Gasteiger partial charge on any atom is -0.481 e. The van der Waals surface area contributed by atoms with E-state index in [1.807, 2.05) is 19.1 Å². The van der Waals surface area contributed by atoms with E-state index < -0.39 is 24.1 Å². The molecule has 0 bridgehead atoms. The lowest BCUT2D eigenvalue weighted by atomic mass is 9.82. The number of rotatable bonds is 7. The average Bonchev–Trinajstić information content (AvgIpc) is 3.34. The molecule has 8 nitrogen and oxygen atoms in total. The summed E-state index contributed by atoms with van der Waals surface area (Å²) in [4.78, 5) is 55.5. The molecule has 1 aromatic carbocycles. The molecule has 0 radical (unpaired) electrons. The van der Waals surface area contributed by atoms with Crippen LogP contribution in [-0.4, -0.2) is 63.9 Å². The van der Waals surface area contributed by atoms with Crippen LogP contribution in [0, 0.1) is 18.8 Å². The summed E-state index contributed by atoms with van der Waals surface area (Å²) < 4.78 is 0. The van der Waals surface area contributed by atoms with Crippen molar-refractivity contribution in [3.63, 3.8) is 0 Å². The Morgan fingerprint density at radius 1 is 0.889 bits per heavy atom. The van der Waals surface area contributed by atoms with Crippen LogP contribution in [0.5, 0.6) is 0 Å². The normalized spacial score (nSPS) is 22.3. The molecule has 0 aromatic heterocycles. The van der Waals surface area contributed by atoms with Crippen LogP contribution in [0.2, 0.25) is 0 Å². The summed E-state index contributed by atoms with van der Waals surface area (Å²) in [5.74, 6) is -1.81. The van der Waals surface area contributed by atoms with Crippen LogP contribution in [0.3, 0.4) is 0 Å². The zero-order valence-corrected chi connectivity index (χ0v) is 21.3. The number of carboxylic acid groups (broad SMARTS) is 1. The van der Waals surface area contributed by atoms with E-state index in [1.165, 1.54) is 4.90 Å². The van der Waals surface area contributed by atoms with Crippen LogP contribution in [0.4, 0.5) is 0 Å². The molecule has 4 rings (SSSR count). The van der Waals surface area contributed by atoms with Crippen molar-refractivity contribution in [2.24, 2.45) is 11.8 Å². The lowest BCUT2D eigenvalue weighted by molar-refractivity contribution is -0.146. The topological polar surface area (TPSA) is 107 Å². The van der Waals surface area contributed by atoms with Crippen molar-refractivity contribution in [2.75, 3.05) is 13.1 Å². The average molecular weight is 498 g/mol. The Bertz CT molecular complexity index is 950. The van der Waals surface area contributed by atoms with Gasteiger partial charge in [-0.05, 0) is 50.7 Å². The molecule has 3 fully saturated rings. The molecule has 0 spiro atoms. The van der Waals surface area contributed by atoms with Crippen LogP contribution in [0.15, 0.2) is 24.3 Å². The number of nitrogens with one attached hydrogen (secondary N) is 1. The molecule has 36 heavy (non-hydrogen) atoms. The molecule has 196 valence electrons. The summed E-state index contributed by atoms with van der Waals surface area (Å²) in [6, 6.07) is 6.69. The zero-order valence-electron chi connectivity index (χ0n) is 21.3. The molecule has 1 aliphatic heterocycles. The number of hydrogen-bond donors (Lipinski definition) is 2. The Balaban J connectivity index is 1.59. The molecule has 1 aromatic rings. The zero-order chi connectivity index (χ0) is 25.7. The van der Waals surface area contributed by atoms with E-state index in [0.717, 1.165) is 69.8 Å². The highest BCUT2D eigenvalue weighted by atomic mass is 16.4. The predicted molar refractivity (Wildman–Crippen MR) is 135 cm³/mol. The van der Waals surface area contributed by atoms with Gasteiger partial charge in [0, 0.05) is 30.6 Å². The van der Waals surface area contributed by atoms with Crippen molar-refractivity contribution in [1.82, 2.24) is 15.1 Å². The van der Waals surface area contributed by atoms with Gasteiger partial charge in [-0.2, -0.15) is 0 Å². The molecule has 2 unspecified atom stereocenters. The highest BCUT2D eigenvalue weighted by Crippen LogP contribution is 2.31. The van der Waals surface area contributed by atoms with Gasteiger partial charge in [0.2, 0.25) is 5.91 Å². The number of amides is 3. The summed E-state index contributed by atoms with van der Waals surface area (Å²) in [6.07, 6.45) is 8.40. The molecule has 2 aliphatic carbocycles. The lowest BCUT2D eigenvalue weighted by Gasteiger charge is -2.35. The van der Waals surface area contributed by atoms with Gasteiger partial charge in [-0.25, -0.2) is 0 Å². The van der Waals surface area contributed by atoms with E-state index in [2.05, 4.69) is 5.32 Å². The molecule has 8 heteroatoms. The van der Waals surface area contributed by atoms with Gasteiger partial charge in [-0.15, -0.1) is 0 Å². The van der Waals surface area contributed by atoms with E-state index in [0.29, 0.717) is 12.1 Å². The summed E-state index contributed by atoms with van der Waals surface area (Å²) >= 11 is 0. The largest absolute Gasteiger partial charge is 0.481 e. The Hall–Kier alpha value is -2.90. The van der Waals surface area contributed by atoms with E-state index in [4.69, 9.17) is 0 Å². The van der Waals surface area contributed by atoms with Crippen molar-refractivity contribution < 1.29 is 24.3 Å². The summed E-state index contributed by atoms with van der Waals surface area (Å²) in [6.45, 7) is 2.52. The molecule has 3 amide bonds. The monoisotopic (exact) mass is 497 g/mol. The van der Waals surface area contributed by atoms with E-state index >= 15 is 0 Å². The number of carboxylic acids is 1. The molecule has 3 aliphatic rings. The van der Waals surface area contributed by atoms with Crippen LogP contribution in [0.25, 0.3) is 0 Å². The molecule has 2 N–H and O–H groups in total. The van der Waals surface area contributed by atoms with E-state index in [-0.39, 0.29) is 36.6 Å². The second kappa shape index (κ2) is 11.9. The molecular formula is C28H39N3O5. The third-order valence-electron chi connectivity index (χ3n) is 8.14. The molecule has 2 atom stereocenters. The number of benzene rings is 1. The maximum atomic E-state index is 13.8.